The molecule has 5 heteroatoms. The minimum Gasteiger partial charge on any atom is -0.461 e. The van der Waals surface area contributed by atoms with Gasteiger partial charge in [0.05, 0.1) is 23.9 Å². The van der Waals surface area contributed by atoms with Gasteiger partial charge in [-0.3, -0.25) is 0 Å². The Morgan fingerprint density at radius 2 is 2.25 bits per heavy atom. The molecule has 2 heterocycles. The van der Waals surface area contributed by atoms with E-state index < -0.39 is 0 Å². The molecule has 2 rings (SSSR count). The Morgan fingerprint density at radius 1 is 1.45 bits per heavy atom. The topological polar surface area (TPSA) is 44.1 Å². The van der Waals surface area contributed by atoms with Gasteiger partial charge in [-0.2, -0.15) is 0 Å². The molecule has 0 atom stereocenters. The van der Waals surface area contributed by atoms with Crippen LogP contribution in [0.5, 0.6) is 0 Å². The number of aromatic nitrogens is 2. The van der Waals surface area contributed by atoms with E-state index >= 15 is 0 Å². The smallest absolute Gasteiger partial charge is 0.355 e. The second-order valence-corrected chi connectivity index (χ2v) is 5.62. The Labute approximate surface area is 123 Å². The number of rotatable bonds is 6. The zero-order chi connectivity index (χ0) is 14.5. The minimum absolute atomic E-state index is 0.265. The van der Waals surface area contributed by atoms with Crippen LogP contribution < -0.4 is 0 Å². The zero-order valence-corrected chi connectivity index (χ0v) is 13.0. The van der Waals surface area contributed by atoms with Gasteiger partial charge >= 0.3 is 5.97 Å². The van der Waals surface area contributed by atoms with Gasteiger partial charge in [0.15, 0.2) is 0 Å². The molecule has 0 aromatic carbocycles. The molecular weight excluding hydrogens is 272 g/mol. The average Bonchev–Trinajstić information content (AvgIpc) is 2.98. The first kappa shape index (κ1) is 14.8. The number of thiazole rings is 1. The van der Waals surface area contributed by atoms with Gasteiger partial charge in [0.1, 0.15) is 5.69 Å². The van der Waals surface area contributed by atoms with E-state index in [1.165, 1.54) is 0 Å². The molecule has 0 aliphatic heterocycles. The van der Waals surface area contributed by atoms with Crippen molar-refractivity contribution in [3.63, 3.8) is 0 Å². The summed E-state index contributed by atoms with van der Waals surface area (Å²) in [5.74, 6) is -0.265. The van der Waals surface area contributed by atoms with Crippen LogP contribution >= 0.6 is 11.3 Å². The second-order valence-electron chi connectivity index (χ2n) is 4.68. The van der Waals surface area contributed by atoms with Gasteiger partial charge in [-0.1, -0.05) is 6.92 Å². The van der Waals surface area contributed by atoms with E-state index in [1.807, 2.05) is 30.7 Å². The summed E-state index contributed by atoms with van der Waals surface area (Å²) >= 11 is 1.68. The van der Waals surface area contributed by atoms with Crippen LogP contribution in [-0.4, -0.2) is 22.1 Å². The number of carbonyl (C=O) groups excluding carboxylic acids is 1. The van der Waals surface area contributed by atoms with Crippen molar-refractivity contribution in [2.24, 2.45) is 0 Å². The average molecular weight is 292 g/mol. The predicted octanol–water partition coefficient (Wildman–Crippen LogP) is 3.43. The number of hydrogen-bond acceptors (Lipinski definition) is 4. The van der Waals surface area contributed by atoms with Crippen LogP contribution in [0.25, 0.3) is 0 Å². The quantitative estimate of drug-likeness (QED) is 0.766. The summed E-state index contributed by atoms with van der Waals surface area (Å²) in [6, 6.07) is 1.94. The molecule has 0 aliphatic carbocycles. The van der Waals surface area contributed by atoms with E-state index in [1.54, 1.807) is 11.3 Å². The summed E-state index contributed by atoms with van der Waals surface area (Å²) in [6.45, 7) is 6.89. The van der Waals surface area contributed by atoms with E-state index in [4.69, 9.17) is 4.74 Å². The lowest BCUT2D eigenvalue weighted by Gasteiger charge is -2.08. The molecule has 2 aromatic rings. The highest BCUT2D eigenvalue weighted by Crippen LogP contribution is 2.17. The lowest BCUT2D eigenvalue weighted by molar-refractivity contribution is 0.0513. The third-order valence-corrected chi connectivity index (χ3v) is 3.99. The highest BCUT2D eigenvalue weighted by molar-refractivity contribution is 7.09. The van der Waals surface area contributed by atoms with Gasteiger partial charge in [-0.25, -0.2) is 9.78 Å². The van der Waals surface area contributed by atoms with Crippen molar-refractivity contribution in [2.75, 3.05) is 6.61 Å². The van der Waals surface area contributed by atoms with Crippen LogP contribution in [0.15, 0.2) is 17.6 Å². The molecule has 0 N–H and O–H groups in total. The normalized spacial score (nSPS) is 10.8. The summed E-state index contributed by atoms with van der Waals surface area (Å²) in [4.78, 5) is 16.6. The summed E-state index contributed by atoms with van der Waals surface area (Å²) in [7, 11) is 0. The molecule has 0 bridgehead atoms. The molecule has 0 saturated carbocycles. The van der Waals surface area contributed by atoms with Gasteiger partial charge in [-0.15, -0.1) is 11.3 Å². The predicted molar refractivity (Wildman–Crippen MR) is 80.3 cm³/mol. The fraction of sp³-hybridized carbons (Fsp3) is 0.467. The van der Waals surface area contributed by atoms with Gasteiger partial charge in [-0.05, 0) is 38.3 Å². The van der Waals surface area contributed by atoms with Crippen molar-refractivity contribution in [3.8, 4) is 0 Å². The second kappa shape index (κ2) is 6.70. The molecule has 0 spiro atoms. The first-order valence-corrected chi connectivity index (χ1v) is 7.79. The Morgan fingerprint density at radius 3 is 2.95 bits per heavy atom. The number of aryl methyl sites for hydroxylation is 2. The summed E-state index contributed by atoms with van der Waals surface area (Å²) < 4.78 is 7.03. The molecule has 0 unspecified atom stereocenters. The maximum absolute atomic E-state index is 12.0. The van der Waals surface area contributed by atoms with E-state index in [0.717, 1.165) is 29.1 Å². The molecule has 4 nitrogen and oxygen atoms in total. The molecule has 2 aromatic heterocycles. The van der Waals surface area contributed by atoms with Crippen molar-refractivity contribution in [1.29, 1.82) is 0 Å². The van der Waals surface area contributed by atoms with E-state index in [9.17, 15) is 4.79 Å². The number of ether oxygens (including phenoxy) is 1. The zero-order valence-electron chi connectivity index (χ0n) is 12.2. The third kappa shape index (κ3) is 3.28. The number of nitrogens with zero attached hydrogens (tertiary/aromatic N) is 2. The molecule has 108 valence electrons. The first-order valence-electron chi connectivity index (χ1n) is 6.91. The first-order chi connectivity index (χ1) is 9.65. The molecule has 0 saturated heterocycles. The summed E-state index contributed by atoms with van der Waals surface area (Å²) in [6.07, 6.45) is 4.03. The third-order valence-electron chi connectivity index (χ3n) is 3.03. The van der Waals surface area contributed by atoms with Gasteiger partial charge < -0.3 is 9.30 Å². The number of carbonyl (C=O) groups is 1. The van der Waals surface area contributed by atoms with Crippen LogP contribution in [-0.2, 0) is 17.7 Å². The van der Waals surface area contributed by atoms with Crippen molar-refractivity contribution in [1.82, 2.24) is 9.55 Å². The van der Waals surface area contributed by atoms with Crippen LogP contribution in [0, 0.1) is 6.92 Å². The maximum atomic E-state index is 12.0. The Kier molecular flexibility index (Phi) is 4.95. The fourth-order valence-electron chi connectivity index (χ4n) is 2.12. The molecule has 0 fully saturated rings. The largest absolute Gasteiger partial charge is 0.461 e. The standard InChI is InChI=1S/C15H20N2O2S/c1-4-6-13-16-12(10-20-13)9-17-8-7-11(3)14(17)15(18)19-5-2/h7-8,10H,4-6,9H2,1-3H3. The molecule has 20 heavy (non-hydrogen) atoms. The van der Waals surface area contributed by atoms with Gasteiger partial charge in [0, 0.05) is 11.6 Å². The van der Waals surface area contributed by atoms with E-state index in [0.29, 0.717) is 18.8 Å². The van der Waals surface area contributed by atoms with Crippen LogP contribution in [0.3, 0.4) is 0 Å². The van der Waals surface area contributed by atoms with Crippen LogP contribution in [0.1, 0.15) is 47.0 Å². The van der Waals surface area contributed by atoms with Crippen molar-refractivity contribution >= 4 is 17.3 Å². The molecule has 0 aliphatic rings. The SMILES string of the molecule is CCCc1nc(Cn2ccc(C)c2C(=O)OCC)cs1. The monoisotopic (exact) mass is 292 g/mol. The maximum Gasteiger partial charge on any atom is 0.355 e. The lowest BCUT2D eigenvalue weighted by Crippen LogP contribution is -2.13. The van der Waals surface area contributed by atoms with Gasteiger partial charge in [0.2, 0.25) is 0 Å². The highest BCUT2D eigenvalue weighted by atomic mass is 32.1. The van der Waals surface area contributed by atoms with Crippen molar-refractivity contribution < 1.29 is 9.53 Å². The lowest BCUT2D eigenvalue weighted by atomic mass is 10.2. The van der Waals surface area contributed by atoms with Crippen LogP contribution in [0.4, 0.5) is 0 Å². The Balaban J connectivity index is 2.18. The van der Waals surface area contributed by atoms with E-state index in [-0.39, 0.29) is 5.97 Å². The molecule has 0 amide bonds. The van der Waals surface area contributed by atoms with Crippen LogP contribution in [0.2, 0.25) is 0 Å². The minimum atomic E-state index is -0.265. The Bertz CT molecular complexity index is 586. The van der Waals surface area contributed by atoms with Crippen molar-refractivity contribution in [2.45, 2.75) is 40.2 Å². The Hall–Kier alpha value is -1.62. The fourth-order valence-corrected chi connectivity index (χ4v) is 3.01. The number of esters is 1. The van der Waals surface area contributed by atoms with E-state index in [2.05, 4.69) is 17.3 Å². The highest BCUT2D eigenvalue weighted by Gasteiger charge is 2.16. The summed E-state index contributed by atoms with van der Waals surface area (Å²) in [5.41, 5.74) is 2.56. The van der Waals surface area contributed by atoms with Crippen molar-refractivity contribution in [3.05, 3.63) is 39.6 Å². The summed E-state index contributed by atoms with van der Waals surface area (Å²) in [5, 5.41) is 3.22. The van der Waals surface area contributed by atoms with Gasteiger partial charge in [0.25, 0.3) is 0 Å². The molecule has 0 radical (unpaired) electrons. The number of hydrogen-bond donors (Lipinski definition) is 0. The molecular formula is C15H20N2O2S.